The van der Waals surface area contributed by atoms with Crippen molar-refractivity contribution < 1.29 is 9.59 Å². The topological polar surface area (TPSA) is 49.4 Å². The highest BCUT2D eigenvalue weighted by molar-refractivity contribution is 5.87. The average Bonchev–Trinajstić information content (AvgIpc) is 2.96. The van der Waals surface area contributed by atoms with Gasteiger partial charge in [0.2, 0.25) is 11.8 Å². The number of aryl methyl sites for hydroxylation is 1. The lowest BCUT2D eigenvalue weighted by atomic mass is 9.99. The highest BCUT2D eigenvalue weighted by Gasteiger charge is 2.30. The molecule has 2 rings (SSSR count). The third-order valence-corrected chi connectivity index (χ3v) is 3.94. The maximum atomic E-state index is 12.4. The van der Waals surface area contributed by atoms with Crippen molar-refractivity contribution in [3.05, 3.63) is 48.0 Å². The number of benzene rings is 1. The Bertz CT molecular complexity index is 539. The fourth-order valence-corrected chi connectivity index (χ4v) is 2.86. The minimum Gasteiger partial charge on any atom is -0.352 e. The van der Waals surface area contributed by atoms with Crippen LogP contribution in [0.5, 0.6) is 0 Å². The molecule has 1 unspecified atom stereocenters. The number of nitrogens with zero attached hydrogens (tertiary/aromatic N) is 1. The lowest BCUT2D eigenvalue weighted by molar-refractivity contribution is -0.132. The van der Waals surface area contributed by atoms with Gasteiger partial charge in [0.05, 0.1) is 6.04 Å². The maximum absolute atomic E-state index is 12.4. The summed E-state index contributed by atoms with van der Waals surface area (Å²) in [5.41, 5.74) is 2.46. The van der Waals surface area contributed by atoms with Crippen molar-refractivity contribution in [2.75, 3.05) is 13.1 Å². The lowest BCUT2D eigenvalue weighted by Crippen LogP contribution is -2.34. The largest absolute Gasteiger partial charge is 0.352 e. The van der Waals surface area contributed by atoms with Crippen molar-refractivity contribution in [3.8, 4) is 0 Å². The van der Waals surface area contributed by atoms with Gasteiger partial charge in [-0.25, -0.2) is 0 Å². The van der Waals surface area contributed by atoms with Crippen molar-refractivity contribution in [2.24, 2.45) is 0 Å². The molecule has 1 aromatic rings. The number of amides is 2. The lowest BCUT2D eigenvalue weighted by Gasteiger charge is -2.26. The highest BCUT2D eigenvalue weighted by Crippen LogP contribution is 2.33. The monoisotopic (exact) mass is 286 g/mol. The molecule has 21 heavy (non-hydrogen) atoms. The number of carbonyl (C=O) groups excluding carboxylic acids is 2. The Morgan fingerprint density at radius 3 is 2.90 bits per heavy atom. The van der Waals surface area contributed by atoms with E-state index in [1.54, 1.807) is 0 Å². The van der Waals surface area contributed by atoms with Crippen LogP contribution < -0.4 is 5.32 Å². The Kier molecular flexibility index (Phi) is 5.14. The summed E-state index contributed by atoms with van der Waals surface area (Å²) >= 11 is 0. The molecule has 1 saturated heterocycles. The van der Waals surface area contributed by atoms with Gasteiger partial charge >= 0.3 is 0 Å². The fourth-order valence-electron chi connectivity index (χ4n) is 2.86. The molecule has 1 N–H and O–H groups in total. The third kappa shape index (κ3) is 3.72. The quantitative estimate of drug-likeness (QED) is 0.845. The molecular formula is C17H22N2O2. The predicted octanol–water partition coefficient (Wildman–Crippen LogP) is 2.35. The van der Waals surface area contributed by atoms with Gasteiger partial charge in [0, 0.05) is 19.5 Å². The molecule has 1 aliphatic rings. The number of carbonyl (C=O) groups is 2. The van der Waals surface area contributed by atoms with Crippen LogP contribution in [-0.4, -0.2) is 29.8 Å². The molecule has 112 valence electrons. The summed E-state index contributed by atoms with van der Waals surface area (Å²) in [7, 11) is 0. The number of rotatable bonds is 5. The van der Waals surface area contributed by atoms with Crippen LogP contribution in [0, 0.1) is 6.92 Å². The summed E-state index contributed by atoms with van der Waals surface area (Å²) in [4.78, 5) is 25.4. The van der Waals surface area contributed by atoms with Crippen LogP contribution in [0.2, 0.25) is 0 Å². The van der Waals surface area contributed by atoms with E-state index in [9.17, 15) is 9.59 Å². The maximum Gasteiger partial charge on any atom is 0.243 e. The van der Waals surface area contributed by atoms with Gasteiger partial charge in [0.1, 0.15) is 0 Å². The Morgan fingerprint density at radius 2 is 2.19 bits per heavy atom. The van der Waals surface area contributed by atoms with Crippen molar-refractivity contribution in [1.29, 1.82) is 0 Å². The molecular weight excluding hydrogens is 264 g/mol. The van der Waals surface area contributed by atoms with Crippen LogP contribution in [0.25, 0.3) is 0 Å². The third-order valence-electron chi connectivity index (χ3n) is 3.94. The molecule has 2 amide bonds. The van der Waals surface area contributed by atoms with Crippen LogP contribution in [-0.2, 0) is 9.59 Å². The normalized spacial score (nSPS) is 17.6. The van der Waals surface area contributed by atoms with E-state index in [0.717, 1.165) is 19.4 Å². The Labute approximate surface area is 125 Å². The molecule has 4 heteroatoms. The smallest absolute Gasteiger partial charge is 0.243 e. The van der Waals surface area contributed by atoms with E-state index < -0.39 is 0 Å². The van der Waals surface area contributed by atoms with Gasteiger partial charge in [-0.2, -0.15) is 0 Å². The molecule has 0 saturated carbocycles. The van der Waals surface area contributed by atoms with Gasteiger partial charge in [0.25, 0.3) is 0 Å². The van der Waals surface area contributed by atoms with Crippen molar-refractivity contribution >= 4 is 11.8 Å². The first kappa shape index (κ1) is 15.3. The Balaban J connectivity index is 1.98. The number of hydrogen-bond acceptors (Lipinski definition) is 2. The second kappa shape index (κ2) is 7.07. The first-order chi connectivity index (χ1) is 10.1. The van der Waals surface area contributed by atoms with Gasteiger partial charge in [0.15, 0.2) is 0 Å². The molecule has 1 fully saturated rings. The zero-order chi connectivity index (χ0) is 15.2. The van der Waals surface area contributed by atoms with Crippen LogP contribution >= 0.6 is 0 Å². The first-order valence-electron chi connectivity index (χ1n) is 7.38. The van der Waals surface area contributed by atoms with Gasteiger partial charge in [-0.05, 0) is 37.0 Å². The van der Waals surface area contributed by atoms with Gasteiger partial charge in [-0.3, -0.25) is 9.59 Å². The molecule has 1 atom stereocenters. The second-order valence-corrected chi connectivity index (χ2v) is 5.35. The van der Waals surface area contributed by atoms with Crippen LogP contribution in [0.4, 0.5) is 0 Å². The first-order valence-corrected chi connectivity index (χ1v) is 7.38. The van der Waals surface area contributed by atoms with E-state index in [2.05, 4.69) is 31.0 Å². The predicted molar refractivity (Wildman–Crippen MR) is 82.7 cm³/mol. The molecule has 1 aromatic carbocycles. The Hall–Kier alpha value is -2.10. The zero-order valence-electron chi connectivity index (χ0n) is 12.5. The van der Waals surface area contributed by atoms with E-state index in [1.807, 2.05) is 17.0 Å². The summed E-state index contributed by atoms with van der Waals surface area (Å²) in [5, 5.41) is 2.65. The van der Waals surface area contributed by atoms with Crippen molar-refractivity contribution in [2.45, 2.75) is 32.2 Å². The summed E-state index contributed by atoms with van der Waals surface area (Å²) < 4.78 is 0. The standard InChI is InChI=1S/C17H22N2O2/c1-3-16(20)18-11-10-17(21)19-12-6-9-15(19)14-8-5-4-7-13(14)2/h3-5,7-8,15H,1,6,9-12H2,2H3,(H,18,20). The molecule has 1 heterocycles. The minimum atomic E-state index is -0.236. The molecule has 0 aromatic heterocycles. The van der Waals surface area contributed by atoms with Gasteiger partial charge < -0.3 is 10.2 Å². The average molecular weight is 286 g/mol. The van der Waals surface area contributed by atoms with Crippen LogP contribution in [0.15, 0.2) is 36.9 Å². The van der Waals surface area contributed by atoms with E-state index >= 15 is 0 Å². The summed E-state index contributed by atoms with van der Waals surface area (Å²) in [6.45, 7) is 6.63. The zero-order valence-corrected chi connectivity index (χ0v) is 12.5. The molecule has 4 nitrogen and oxygen atoms in total. The van der Waals surface area contributed by atoms with E-state index in [-0.39, 0.29) is 17.9 Å². The van der Waals surface area contributed by atoms with E-state index in [0.29, 0.717) is 13.0 Å². The van der Waals surface area contributed by atoms with Crippen molar-refractivity contribution in [1.82, 2.24) is 10.2 Å². The molecule has 0 aliphatic carbocycles. The minimum absolute atomic E-state index is 0.102. The SMILES string of the molecule is C=CC(=O)NCCC(=O)N1CCCC1c1ccccc1C. The van der Waals surface area contributed by atoms with E-state index in [1.165, 1.54) is 17.2 Å². The molecule has 0 bridgehead atoms. The fraction of sp³-hybridized carbons (Fsp3) is 0.412. The van der Waals surface area contributed by atoms with E-state index in [4.69, 9.17) is 0 Å². The number of nitrogens with one attached hydrogen (secondary N) is 1. The molecule has 1 aliphatic heterocycles. The van der Waals surface area contributed by atoms with Crippen LogP contribution in [0.3, 0.4) is 0 Å². The Morgan fingerprint density at radius 1 is 1.43 bits per heavy atom. The number of likely N-dealkylation sites (tertiary alicyclic amines) is 1. The molecule has 0 spiro atoms. The number of hydrogen-bond donors (Lipinski definition) is 1. The molecule has 0 radical (unpaired) electrons. The van der Waals surface area contributed by atoms with Gasteiger partial charge in [-0.15, -0.1) is 0 Å². The summed E-state index contributed by atoms with van der Waals surface area (Å²) in [6.07, 6.45) is 3.60. The van der Waals surface area contributed by atoms with Crippen LogP contribution in [0.1, 0.15) is 36.4 Å². The van der Waals surface area contributed by atoms with Crippen molar-refractivity contribution in [3.63, 3.8) is 0 Å². The second-order valence-electron chi connectivity index (χ2n) is 5.35. The summed E-state index contributed by atoms with van der Waals surface area (Å²) in [5.74, 6) is -0.134. The highest BCUT2D eigenvalue weighted by atomic mass is 16.2. The summed E-state index contributed by atoms with van der Waals surface area (Å²) in [6, 6.07) is 8.40. The van der Waals surface area contributed by atoms with Gasteiger partial charge in [-0.1, -0.05) is 30.8 Å².